The standard InChI is InChI=1S/C18H19ClN2O3/c1-24-16-7-6-13(19)10-15(16)21-17(22)20-11-18(23)9-8-12-4-2-3-5-14(12)18/h2-7,10,23H,8-9,11H2,1H3,(H2,20,21,22). The van der Waals surface area contributed by atoms with Gasteiger partial charge in [-0.1, -0.05) is 35.9 Å². The average Bonchev–Trinajstić information content (AvgIpc) is 2.92. The molecule has 24 heavy (non-hydrogen) atoms. The number of carbonyl (C=O) groups is 1. The third-order valence-corrected chi connectivity index (χ3v) is 4.51. The molecule has 5 nitrogen and oxygen atoms in total. The third kappa shape index (κ3) is 3.32. The minimum atomic E-state index is -1.04. The van der Waals surface area contributed by atoms with Gasteiger partial charge in [-0.05, 0) is 42.2 Å². The van der Waals surface area contributed by atoms with Crippen molar-refractivity contribution in [2.45, 2.75) is 18.4 Å². The lowest BCUT2D eigenvalue weighted by Gasteiger charge is -2.24. The monoisotopic (exact) mass is 346 g/mol. The molecule has 2 aromatic carbocycles. The van der Waals surface area contributed by atoms with Crippen molar-refractivity contribution in [1.82, 2.24) is 5.32 Å². The van der Waals surface area contributed by atoms with Gasteiger partial charge in [0.25, 0.3) is 0 Å². The van der Waals surface area contributed by atoms with Crippen molar-refractivity contribution < 1.29 is 14.6 Å². The van der Waals surface area contributed by atoms with Gasteiger partial charge in [-0.3, -0.25) is 0 Å². The maximum atomic E-state index is 12.2. The van der Waals surface area contributed by atoms with E-state index in [-0.39, 0.29) is 6.54 Å². The van der Waals surface area contributed by atoms with E-state index in [4.69, 9.17) is 16.3 Å². The quantitative estimate of drug-likeness (QED) is 0.795. The Balaban J connectivity index is 1.66. The molecule has 1 atom stereocenters. The number of aryl methyl sites for hydroxylation is 1. The molecular formula is C18H19ClN2O3. The lowest BCUT2D eigenvalue weighted by atomic mass is 9.96. The number of urea groups is 1. The number of nitrogens with one attached hydrogen (secondary N) is 2. The molecule has 1 aliphatic carbocycles. The molecule has 2 amide bonds. The van der Waals surface area contributed by atoms with Gasteiger partial charge < -0.3 is 20.5 Å². The summed E-state index contributed by atoms with van der Waals surface area (Å²) < 4.78 is 5.19. The molecule has 126 valence electrons. The van der Waals surface area contributed by atoms with Crippen molar-refractivity contribution in [2.24, 2.45) is 0 Å². The number of rotatable bonds is 4. The van der Waals surface area contributed by atoms with E-state index in [2.05, 4.69) is 10.6 Å². The van der Waals surface area contributed by atoms with Crippen molar-refractivity contribution in [3.8, 4) is 5.75 Å². The Morgan fingerprint density at radius 2 is 2.12 bits per heavy atom. The van der Waals surface area contributed by atoms with E-state index in [0.717, 1.165) is 17.5 Å². The summed E-state index contributed by atoms with van der Waals surface area (Å²) in [5.41, 5.74) is 1.44. The summed E-state index contributed by atoms with van der Waals surface area (Å²) in [7, 11) is 1.52. The van der Waals surface area contributed by atoms with Gasteiger partial charge in [0.1, 0.15) is 11.4 Å². The molecule has 0 fully saturated rings. The zero-order valence-electron chi connectivity index (χ0n) is 13.3. The van der Waals surface area contributed by atoms with Crippen LogP contribution >= 0.6 is 11.6 Å². The fourth-order valence-corrected chi connectivity index (χ4v) is 3.20. The van der Waals surface area contributed by atoms with E-state index in [9.17, 15) is 9.90 Å². The summed E-state index contributed by atoms with van der Waals surface area (Å²) in [4.78, 5) is 12.2. The Hall–Kier alpha value is -2.24. The first-order valence-electron chi connectivity index (χ1n) is 7.71. The number of carbonyl (C=O) groups excluding carboxylic acids is 1. The summed E-state index contributed by atoms with van der Waals surface area (Å²) in [6, 6.07) is 12.3. The van der Waals surface area contributed by atoms with Crippen LogP contribution in [0.2, 0.25) is 5.02 Å². The van der Waals surface area contributed by atoms with Gasteiger partial charge in [-0.2, -0.15) is 0 Å². The maximum Gasteiger partial charge on any atom is 0.319 e. The van der Waals surface area contributed by atoms with Crippen molar-refractivity contribution in [3.63, 3.8) is 0 Å². The summed E-state index contributed by atoms with van der Waals surface area (Å²) in [5.74, 6) is 0.513. The highest BCUT2D eigenvalue weighted by atomic mass is 35.5. The molecule has 1 aliphatic rings. The molecule has 0 saturated carbocycles. The molecule has 3 N–H and O–H groups in total. The highest BCUT2D eigenvalue weighted by Crippen LogP contribution is 2.36. The highest BCUT2D eigenvalue weighted by Gasteiger charge is 2.36. The molecule has 1 unspecified atom stereocenters. The summed E-state index contributed by atoms with van der Waals surface area (Å²) in [6.45, 7) is 0.138. The van der Waals surface area contributed by atoms with Crippen LogP contribution < -0.4 is 15.4 Å². The number of benzene rings is 2. The van der Waals surface area contributed by atoms with E-state index < -0.39 is 11.6 Å². The Labute approximate surface area is 145 Å². The molecule has 0 aromatic heterocycles. The third-order valence-electron chi connectivity index (χ3n) is 4.28. The Bertz CT molecular complexity index is 766. The second-order valence-corrected chi connectivity index (χ2v) is 6.28. The number of methoxy groups -OCH3 is 1. The van der Waals surface area contributed by atoms with Crippen LogP contribution in [-0.2, 0) is 12.0 Å². The smallest absolute Gasteiger partial charge is 0.319 e. The van der Waals surface area contributed by atoms with E-state index in [1.807, 2.05) is 24.3 Å². The number of ether oxygens (including phenoxy) is 1. The largest absolute Gasteiger partial charge is 0.495 e. The van der Waals surface area contributed by atoms with E-state index in [1.54, 1.807) is 18.2 Å². The molecule has 0 heterocycles. The maximum absolute atomic E-state index is 12.2. The average molecular weight is 347 g/mol. The normalized spacial score (nSPS) is 18.8. The van der Waals surface area contributed by atoms with Crippen LogP contribution in [0.3, 0.4) is 0 Å². The number of hydrogen-bond donors (Lipinski definition) is 3. The molecule has 0 aliphatic heterocycles. The van der Waals surface area contributed by atoms with E-state index >= 15 is 0 Å². The first-order valence-corrected chi connectivity index (χ1v) is 8.09. The first kappa shape index (κ1) is 16.6. The van der Waals surface area contributed by atoms with E-state index in [0.29, 0.717) is 22.9 Å². The molecule has 0 bridgehead atoms. The number of anilines is 1. The molecule has 0 radical (unpaired) electrons. The fraction of sp³-hybridized carbons (Fsp3) is 0.278. The molecular weight excluding hydrogens is 328 g/mol. The zero-order chi connectivity index (χ0) is 17.2. The van der Waals surface area contributed by atoms with Crippen LogP contribution in [-0.4, -0.2) is 24.8 Å². The number of hydrogen-bond acceptors (Lipinski definition) is 3. The number of aliphatic hydroxyl groups is 1. The van der Waals surface area contributed by atoms with Crippen LogP contribution in [0.1, 0.15) is 17.5 Å². The number of halogens is 1. The van der Waals surface area contributed by atoms with Gasteiger partial charge >= 0.3 is 6.03 Å². The fourth-order valence-electron chi connectivity index (χ4n) is 3.02. The van der Waals surface area contributed by atoms with Crippen molar-refractivity contribution in [1.29, 1.82) is 0 Å². The van der Waals surface area contributed by atoms with Crippen molar-refractivity contribution in [2.75, 3.05) is 19.0 Å². The van der Waals surface area contributed by atoms with Crippen LogP contribution in [0.15, 0.2) is 42.5 Å². The highest BCUT2D eigenvalue weighted by molar-refractivity contribution is 6.31. The van der Waals surface area contributed by atoms with Crippen LogP contribution in [0.5, 0.6) is 5.75 Å². The molecule has 3 rings (SSSR count). The van der Waals surface area contributed by atoms with Gasteiger partial charge in [0, 0.05) is 5.02 Å². The predicted molar refractivity (Wildman–Crippen MR) is 93.7 cm³/mol. The molecule has 6 heteroatoms. The minimum Gasteiger partial charge on any atom is -0.495 e. The topological polar surface area (TPSA) is 70.6 Å². The second kappa shape index (κ2) is 6.71. The Morgan fingerprint density at radius 3 is 2.92 bits per heavy atom. The lowest BCUT2D eigenvalue weighted by Crippen LogP contribution is -2.41. The summed E-state index contributed by atoms with van der Waals surface area (Å²) in [6.07, 6.45) is 1.39. The van der Waals surface area contributed by atoms with Crippen molar-refractivity contribution >= 4 is 23.3 Å². The second-order valence-electron chi connectivity index (χ2n) is 5.84. The van der Waals surface area contributed by atoms with Gasteiger partial charge in [0.2, 0.25) is 0 Å². The zero-order valence-corrected chi connectivity index (χ0v) is 14.1. The number of amides is 2. The summed E-state index contributed by atoms with van der Waals surface area (Å²) in [5, 5.41) is 16.7. The van der Waals surface area contributed by atoms with Crippen LogP contribution in [0, 0.1) is 0 Å². The lowest BCUT2D eigenvalue weighted by molar-refractivity contribution is 0.0417. The minimum absolute atomic E-state index is 0.138. The predicted octanol–water partition coefficient (Wildman–Crippen LogP) is 3.30. The molecule has 0 saturated heterocycles. The molecule has 2 aromatic rings. The van der Waals surface area contributed by atoms with E-state index in [1.165, 1.54) is 7.11 Å². The first-order chi connectivity index (χ1) is 11.5. The van der Waals surface area contributed by atoms with Crippen LogP contribution in [0.25, 0.3) is 0 Å². The number of fused-ring (bicyclic) bond motifs is 1. The van der Waals surface area contributed by atoms with Gasteiger partial charge in [-0.15, -0.1) is 0 Å². The van der Waals surface area contributed by atoms with Gasteiger partial charge in [0.15, 0.2) is 0 Å². The van der Waals surface area contributed by atoms with Crippen LogP contribution in [0.4, 0.5) is 10.5 Å². The Kier molecular flexibility index (Phi) is 4.64. The summed E-state index contributed by atoms with van der Waals surface area (Å²) >= 11 is 5.95. The Morgan fingerprint density at radius 1 is 1.33 bits per heavy atom. The SMILES string of the molecule is COc1ccc(Cl)cc1NC(=O)NCC1(O)CCc2ccccc21. The van der Waals surface area contributed by atoms with Crippen molar-refractivity contribution in [3.05, 3.63) is 58.6 Å². The van der Waals surface area contributed by atoms with Gasteiger partial charge in [0.05, 0.1) is 19.3 Å². The molecule has 0 spiro atoms. The van der Waals surface area contributed by atoms with Gasteiger partial charge in [-0.25, -0.2) is 4.79 Å².